The van der Waals surface area contributed by atoms with Gasteiger partial charge in [-0.05, 0) is 18.2 Å². The molecule has 0 bridgehead atoms. The summed E-state index contributed by atoms with van der Waals surface area (Å²) in [6, 6.07) is 5.29. The summed E-state index contributed by atoms with van der Waals surface area (Å²) in [5, 5.41) is 3.22. The van der Waals surface area contributed by atoms with E-state index in [4.69, 9.17) is 4.74 Å². The van der Waals surface area contributed by atoms with E-state index in [2.05, 4.69) is 30.1 Å². The van der Waals surface area contributed by atoms with E-state index in [-0.39, 0.29) is 24.0 Å². The number of rotatable bonds is 5. The summed E-state index contributed by atoms with van der Waals surface area (Å²) in [5.74, 6) is -0.00263. The van der Waals surface area contributed by atoms with Gasteiger partial charge >= 0.3 is 0 Å². The van der Waals surface area contributed by atoms with Gasteiger partial charge in [-0.3, -0.25) is 4.99 Å². The van der Waals surface area contributed by atoms with Crippen LogP contribution in [0.15, 0.2) is 41.7 Å². The molecule has 1 aromatic carbocycles. The predicted molar refractivity (Wildman–Crippen MR) is 114 cm³/mol. The molecule has 0 spiro atoms. The van der Waals surface area contributed by atoms with Crippen LogP contribution in [0.1, 0.15) is 0 Å². The fraction of sp³-hybridized carbons (Fsp3) is 0.389. The summed E-state index contributed by atoms with van der Waals surface area (Å²) in [7, 11) is 1.73. The molecule has 10 heteroatoms. The minimum atomic E-state index is -0.920. The van der Waals surface area contributed by atoms with Gasteiger partial charge in [0.2, 0.25) is 5.95 Å². The highest BCUT2D eigenvalue weighted by Gasteiger charge is 2.20. The molecule has 0 atom stereocenters. The van der Waals surface area contributed by atoms with Gasteiger partial charge < -0.3 is 19.9 Å². The Morgan fingerprint density at radius 3 is 2.50 bits per heavy atom. The van der Waals surface area contributed by atoms with Gasteiger partial charge in [-0.2, -0.15) is 0 Å². The first-order valence-electron chi connectivity index (χ1n) is 8.73. The number of aromatic nitrogens is 2. The molecule has 1 saturated heterocycles. The molecule has 0 saturated carbocycles. The van der Waals surface area contributed by atoms with Gasteiger partial charge in [0.25, 0.3) is 0 Å². The van der Waals surface area contributed by atoms with Crippen LogP contribution < -0.4 is 15.0 Å². The van der Waals surface area contributed by atoms with E-state index in [0.717, 1.165) is 50.2 Å². The number of aliphatic imine (C=N–C) groups is 1. The molecule has 152 valence electrons. The first kappa shape index (κ1) is 22.1. The van der Waals surface area contributed by atoms with Crippen molar-refractivity contribution in [1.29, 1.82) is 0 Å². The van der Waals surface area contributed by atoms with Crippen LogP contribution in [0.4, 0.5) is 14.7 Å². The van der Waals surface area contributed by atoms with Crippen LogP contribution in [0.5, 0.6) is 5.75 Å². The average molecular weight is 504 g/mol. The Kier molecular flexibility index (Phi) is 8.61. The van der Waals surface area contributed by atoms with Gasteiger partial charge in [0, 0.05) is 51.7 Å². The molecule has 3 rings (SSSR count). The van der Waals surface area contributed by atoms with Gasteiger partial charge in [0.15, 0.2) is 17.6 Å². The van der Waals surface area contributed by atoms with Gasteiger partial charge in [0.05, 0.1) is 6.54 Å². The molecule has 0 radical (unpaired) electrons. The number of nitrogens with one attached hydrogen (secondary N) is 1. The molecule has 1 fully saturated rings. The van der Waals surface area contributed by atoms with Crippen molar-refractivity contribution in [3.05, 3.63) is 48.3 Å². The highest BCUT2D eigenvalue weighted by Crippen LogP contribution is 2.15. The number of hydrogen-bond donors (Lipinski definition) is 1. The van der Waals surface area contributed by atoms with Crippen LogP contribution in [0, 0.1) is 11.6 Å². The normalized spacial score (nSPS) is 14.5. The van der Waals surface area contributed by atoms with Crippen LogP contribution in [-0.4, -0.2) is 67.2 Å². The van der Waals surface area contributed by atoms with E-state index in [1.165, 1.54) is 6.07 Å². The molecule has 0 aliphatic carbocycles. The summed E-state index contributed by atoms with van der Waals surface area (Å²) in [4.78, 5) is 17.1. The highest BCUT2D eigenvalue weighted by molar-refractivity contribution is 14.0. The fourth-order valence-corrected chi connectivity index (χ4v) is 2.80. The lowest BCUT2D eigenvalue weighted by Crippen LogP contribution is -2.53. The van der Waals surface area contributed by atoms with Crippen LogP contribution >= 0.6 is 24.0 Å². The van der Waals surface area contributed by atoms with Crippen molar-refractivity contribution in [2.45, 2.75) is 0 Å². The van der Waals surface area contributed by atoms with Crippen molar-refractivity contribution >= 4 is 35.9 Å². The first-order chi connectivity index (χ1) is 13.2. The Labute approximate surface area is 179 Å². The Balaban J connectivity index is 0.00000280. The van der Waals surface area contributed by atoms with E-state index in [0.29, 0.717) is 18.9 Å². The monoisotopic (exact) mass is 504 g/mol. The minimum Gasteiger partial charge on any atom is -0.492 e. The Morgan fingerprint density at radius 2 is 1.86 bits per heavy atom. The molecule has 0 amide bonds. The lowest BCUT2D eigenvalue weighted by molar-refractivity contribution is 0.312. The van der Waals surface area contributed by atoms with Gasteiger partial charge in [-0.1, -0.05) is 0 Å². The van der Waals surface area contributed by atoms with E-state index in [1.54, 1.807) is 25.5 Å². The van der Waals surface area contributed by atoms with Crippen LogP contribution in [0.3, 0.4) is 0 Å². The average Bonchev–Trinajstić information content (AvgIpc) is 2.71. The number of halogens is 3. The molecule has 7 nitrogen and oxygen atoms in total. The molecule has 1 N–H and O–H groups in total. The van der Waals surface area contributed by atoms with Crippen molar-refractivity contribution in [3.8, 4) is 5.75 Å². The van der Waals surface area contributed by atoms with Crippen LogP contribution in [-0.2, 0) is 0 Å². The molecule has 1 aliphatic rings. The zero-order chi connectivity index (χ0) is 19.1. The van der Waals surface area contributed by atoms with Crippen LogP contribution in [0.2, 0.25) is 0 Å². The summed E-state index contributed by atoms with van der Waals surface area (Å²) in [6.45, 7) is 3.99. The number of ether oxygens (including phenoxy) is 1. The van der Waals surface area contributed by atoms with Crippen molar-refractivity contribution in [1.82, 2.24) is 20.2 Å². The lowest BCUT2D eigenvalue weighted by atomic mass is 10.3. The van der Waals surface area contributed by atoms with Gasteiger partial charge in [-0.15, -0.1) is 24.0 Å². The number of anilines is 1. The Bertz CT molecular complexity index is 772. The van der Waals surface area contributed by atoms with Crippen molar-refractivity contribution in [3.63, 3.8) is 0 Å². The summed E-state index contributed by atoms with van der Waals surface area (Å²) in [5.41, 5.74) is 0. The highest BCUT2D eigenvalue weighted by atomic mass is 127. The van der Waals surface area contributed by atoms with E-state index in [9.17, 15) is 8.78 Å². The minimum absolute atomic E-state index is 0. The Hall–Kier alpha value is -2.24. The third-order valence-corrected chi connectivity index (χ3v) is 4.17. The predicted octanol–water partition coefficient (Wildman–Crippen LogP) is 2.15. The smallest absolute Gasteiger partial charge is 0.225 e. The molecular weight excluding hydrogens is 481 g/mol. The Morgan fingerprint density at radius 1 is 1.14 bits per heavy atom. The quantitative estimate of drug-likeness (QED) is 0.292. The molecular formula is C18H23F2IN6O. The molecule has 1 aromatic heterocycles. The maximum atomic E-state index is 13.2. The third kappa shape index (κ3) is 5.88. The second-order valence-electron chi connectivity index (χ2n) is 5.92. The summed E-state index contributed by atoms with van der Waals surface area (Å²) < 4.78 is 31.5. The number of benzene rings is 1. The lowest BCUT2D eigenvalue weighted by Gasteiger charge is -2.36. The standard InChI is InChI=1S/C18H22F2N6O.HI/c1-21-17(24-7-12-27-14-3-4-15(19)16(20)13-14)25-8-10-26(11-9-25)18-22-5-2-6-23-18;/h2-6,13H,7-12H2,1H3,(H,21,24);1H. The first-order valence-corrected chi connectivity index (χ1v) is 8.73. The zero-order valence-electron chi connectivity index (χ0n) is 15.5. The summed E-state index contributed by atoms with van der Waals surface area (Å²) in [6.07, 6.45) is 3.48. The number of nitrogens with zero attached hydrogens (tertiary/aromatic N) is 5. The number of hydrogen-bond acceptors (Lipinski definition) is 5. The molecule has 2 heterocycles. The topological polar surface area (TPSA) is 65.9 Å². The number of piperazine rings is 1. The largest absolute Gasteiger partial charge is 0.492 e. The van der Waals surface area contributed by atoms with Gasteiger partial charge in [-0.25, -0.2) is 18.7 Å². The SMILES string of the molecule is CN=C(NCCOc1ccc(F)c(F)c1)N1CCN(c2ncccn2)CC1.I. The van der Waals surface area contributed by atoms with E-state index < -0.39 is 11.6 Å². The maximum Gasteiger partial charge on any atom is 0.225 e. The van der Waals surface area contributed by atoms with Crippen molar-refractivity contribution in [2.24, 2.45) is 4.99 Å². The molecule has 28 heavy (non-hydrogen) atoms. The number of guanidine groups is 1. The maximum absolute atomic E-state index is 13.2. The summed E-state index contributed by atoms with van der Waals surface area (Å²) >= 11 is 0. The second kappa shape index (κ2) is 10.9. The van der Waals surface area contributed by atoms with Gasteiger partial charge in [0.1, 0.15) is 12.4 Å². The third-order valence-electron chi connectivity index (χ3n) is 4.17. The van der Waals surface area contributed by atoms with Crippen molar-refractivity contribution in [2.75, 3.05) is 51.3 Å². The zero-order valence-corrected chi connectivity index (χ0v) is 17.8. The van der Waals surface area contributed by atoms with E-state index >= 15 is 0 Å². The fourth-order valence-electron chi connectivity index (χ4n) is 2.80. The van der Waals surface area contributed by atoms with Crippen molar-refractivity contribution < 1.29 is 13.5 Å². The van der Waals surface area contributed by atoms with Crippen LogP contribution in [0.25, 0.3) is 0 Å². The molecule has 2 aromatic rings. The second-order valence-corrected chi connectivity index (χ2v) is 5.92. The van der Waals surface area contributed by atoms with E-state index in [1.807, 2.05) is 0 Å². The molecule has 0 unspecified atom stereocenters. The molecule has 1 aliphatic heterocycles.